The molecule has 1 aromatic heterocycles. The van der Waals surface area contributed by atoms with Crippen LogP contribution in [0, 0.1) is 5.92 Å². The van der Waals surface area contributed by atoms with Crippen molar-refractivity contribution in [1.29, 1.82) is 0 Å². The minimum Gasteiger partial charge on any atom is -0.475 e. The fourth-order valence-electron chi connectivity index (χ4n) is 5.17. The molecule has 154 valence electrons. The summed E-state index contributed by atoms with van der Waals surface area (Å²) in [6.07, 6.45) is 0.139. The fourth-order valence-corrected chi connectivity index (χ4v) is 5.43. The predicted octanol–water partition coefficient (Wildman–Crippen LogP) is 1.92. The first-order valence-electron chi connectivity index (χ1n) is 9.54. The van der Waals surface area contributed by atoms with Gasteiger partial charge in [0.05, 0.1) is 12.1 Å². The first-order chi connectivity index (χ1) is 14.3. The van der Waals surface area contributed by atoms with Crippen LogP contribution in [0.1, 0.15) is 22.7 Å². The van der Waals surface area contributed by atoms with E-state index in [1.54, 1.807) is 13.2 Å². The quantitative estimate of drug-likeness (QED) is 0.542. The van der Waals surface area contributed by atoms with Crippen molar-refractivity contribution in [2.75, 3.05) is 0 Å². The summed E-state index contributed by atoms with van der Waals surface area (Å²) in [4.78, 5) is 12.6. The highest BCUT2D eigenvalue weighted by Gasteiger charge is 2.78. The predicted molar refractivity (Wildman–Crippen MR) is 111 cm³/mol. The molecule has 0 saturated heterocycles. The molecule has 2 aromatic carbocycles. The zero-order chi connectivity index (χ0) is 21.3. The topological polar surface area (TPSA) is 111 Å². The summed E-state index contributed by atoms with van der Waals surface area (Å²) in [7, 11) is 1.70. The summed E-state index contributed by atoms with van der Waals surface area (Å²) in [6.45, 7) is 0. The maximum atomic E-state index is 12.6. The molecule has 3 aromatic rings. The molecule has 5 atom stereocenters. The molecule has 5 rings (SSSR count). The standard InChI is InChI=1S/C22H20BrN3O4/c1-26-11-15-18(25-26)21(29)19(27)16(20(24)28)17(12-5-3-2-4-6-12)22(21,30-15)13-7-9-14(23)10-8-13/h2-11,16-17,19,27,29H,1H3,(H2,24,28)/t16-,17-,19-,21+,22+/m1/s1. The van der Waals surface area contributed by atoms with Crippen LogP contribution in [0.25, 0.3) is 0 Å². The van der Waals surface area contributed by atoms with Gasteiger partial charge in [0.25, 0.3) is 0 Å². The molecule has 1 aliphatic carbocycles. The van der Waals surface area contributed by atoms with Crippen LogP contribution in [0.4, 0.5) is 0 Å². The fraction of sp³-hybridized carbons (Fsp3) is 0.273. The summed E-state index contributed by atoms with van der Waals surface area (Å²) in [5, 5.41) is 27.9. The summed E-state index contributed by atoms with van der Waals surface area (Å²) in [5.74, 6) is -2.17. The lowest BCUT2D eigenvalue weighted by Crippen LogP contribution is -2.52. The van der Waals surface area contributed by atoms with Crippen molar-refractivity contribution >= 4 is 21.8 Å². The molecule has 0 bridgehead atoms. The third-order valence-electron chi connectivity index (χ3n) is 6.32. The number of hydrogen-bond donors (Lipinski definition) is 3. The number of aliphatic hydroxyl groups is 2. The number of aryl methyl sites for hydroxylation is 1. The molecule has 0 radical (unpaired) electrons. The third kappa shape index (κ3) is 2.26. The second kappa shape index (κ2) is 6.41. The van der Waals surface area contributed by atoms with E-state index in [1.807, 2.05) is 54.6 Å². The van der Waals surface area contributed by atoms with Crippen LogP contribution < -0.4 is 10.5 Å². The number of halogens is 1. The maximum absolute atomic E-state index is 12.6. The van der Waals surface area contributed by atoms with E-state index < -0.39 is 35.0 Å². The molecule has 1 amide bonds. The van der Waals surface area contributed by atoms with Crippen molar-refractivity contribution in [2.45, 2.75) is 23.2 Å². The largest absolute Gasteiger partial charge is 0.475 e. The zero-order valence-electron chi connectivity index (χ0n) is 16.1. The number of amides is 1. The van der Waals surface area contributed by atoms with Crippen LogP contribution in [0.15, 0.2) is 65.3 Å². The first-order valence-corrected chi connectivity index (χ1v) is 10.3. The molecular formula is C22H20BrN3O4. The number of primary amides is 1. The molecule has 1 fully saturated rings. The molecule has 0 spiro atoms. The van der Waals surface area contributed by atoms with Gasteiger partial charge in [-0.1, -0.05) is 58.4 Å². The SMILES string of the molecule is Cn1cc2c(n1)[C@]1(O)[C@H](O)[C@H](C(N)=O)[C@@H](c3ccccc3)[C@]1(c1ccc(Br)cc1)O2. The Hall–Kier alpha value is -2.68. The van der Waals surface area contributed by atoms with E-state index >= 15 is 0 Å². The Morgan fingerprint density at radius 2 is 1.87 bits per heavy atom. The first kappa shape index (κ1) is 19.3. The van der Waals surface area contributed by atoms with E-state index in [4.69, 9.17) is 10.5 Å². The number of carbonyl (C=O) groups excluding carboxylic acids is 1. The molecule has 2 heterocycles. The smallest absolute Gasteiger partial charge is 0.224 e. The number of aliphatic hydroxyl groups excluding tert-OH is 1. The second-order valence-electron chi connectivity index (χ2n) is 7.89. The van der Waals surface area contributed by atoms with Gasteiger partial charge in [-0.05, 0) is 23.3 Å². The monoisotopic (exact) mass is 469 g/mol. The van der Waals surface area contributed by atoms with Crippen LogP contribution in [0.3, 0.4) is 0 Å². The van der Waals surface area contributed by atoms with Crippen LogP contribution in [-0.4, -0.2) is 32.0 Å². The van der Waals surface area contributed by atoms with E-state index in [1.165, 1.54) is 4.68 Å². The summed E-state index contributed by atoms with van der Waals surface area (Å²) < 4.78 is 8.83. The Bertz CT molecular complexity index is 1130. The Kier molecular flexibility index (Phi) is 4.12. The lowest BCUT2D eigenvalue weighted by molar-refractivity contribution is -0.156. The average Bonchev–Trinajstić information content (AvgIpc) is 3.27. The number of nitrogens with two attached hydrogens (primary N) is 1. The van der Waals surface area contributed by atoms with E-state index in [9.17, 15) is 15.0 Å². The maximum Gasteiger partial charge on any atom is 0.224 e. The highest BCUT2D eigenvalue weighted by molar-refractivity contribution is 9.10. The number of carbonyl (C=O) groups is 1. The molecule has 1 saturated carbocycles. The van der Waals surface area contributed by atoms with Crippen LogP contribution in [-0.2, 0) is 23.0 Å². The highest BCUT2D eigenvalue weighted by Crippen LogP contribution is 2.67. The van der Waals surface area contributed by atoms with Gasteiger partial charge in [-0.25, -0.2) is 0 Å². The Labute approximate surface area is 181 Å². The number of benzene rings is 2. The number of hydrogen-bond acceptors (Lipinski definition) is 5. The summed E-state index contributed by atoms with van der Waals surface area (Å²) in [5.41, 5.74) is 3.85. The number of nitrogens with zero attached hydrogens (tertiary/aromatic N) is 2. The Morgan fingerprint density at radius 3 is 2.50 bits per heavy atom. The lowest BCUT2D eigenvalue weighted by atomic mass is 9.71. The van der Waals surface area contributed by atoms with Gasteiger partial charge in [0.15, 0.2) is 17.0 Å². The Morgan fingerprint density at radius 1 is 1.20 bits per heavy atom. The van der Waals surface area contributed by atoms with E-state index in [2.05, 4.69) is 21.0 Å². The average molecular weight is 470 g/mol. The molecule has 4 N–H and O–H groups in total. The van der Waals surface area contributed by atoms with E-state index in [-0.39, 0.29) is 5.69 Å². The minimum atomic E-state index is -1.97. The van der Waals surface area contributed by atoms with E-state index in [0.29, 0.717) is 11.3 Å². The van der Waals surface area contributed by atoms with Gasteiger partial charge in [0.2, 0.25) is 5.91 Å². The van der Waals surface area contributed by atoms with Gasteiger partial charge in [-0.3, -0.25) is 9.48 Å². The summed E-state index contributed by atoms with van der Waals surface area (Å²) in [6, 6.07) is 16.5. The van der Waals surface area contributed by atoms with Crippen molar-refractivity contribution in [2.24, 2.45) is 18.7 Å². The molecule has 7 nitrogen and oxygen atoms in total. The zero-order valence-corrected chi connectivity index (χ0v) is 17.7. The third-order valence-corrected chi connectivity index (χ3v) is 6.85. The van der Waals surface area contributed by atoms with Crippen molar-refractivity contribution in [3.63, 3.8) is 0 Å². The lowest BCUT2D eigenvalue weighted by Gasteiger charge is -2.40. The van der Waals surface area contributed by atoms with Crippen LogP contribution >= 0.6 is 15.9 Å². The second-order valence-corrected chi connectivity index (χ2v) is 8.80. The van der Waals surface area contributed by atoms with Gasteiger partial charge in [-0.15, -0.1) is 0 Å². The number of ether oxygens (including phenoxy) is 1. The Balaban J connectivity index is 1.86. The molecule has 8 heteroatoms. The van der Waals surface area contributed by atoms with Crippen molar-refractivity contribution in [3.8, 4) is 5.75 Å². The molecular weight excluding hydrogens is 450 g/mol. The molecule has 0 unspecified atom stereocenters. The van der Waals surface area contributed by atoms with Crippen molar-refractivity contribution in [3.05, 3.63) is 82.1 Å². The minimum absolute atomic E-state index is 0.199. The van der Waals surface area contributed by atoms with Gasteiger partial charge in [-0.2, -0.15) is 5.10 Å². The van der Waals surface area contributed by atoms with Gasteiger partial charge in [0.1, 0.15) is 11.8 Å². The van der Waals surface area contributed by atoms with Crippen molar-refractivity contribution in [1.82, 2.24) is 9.78 Å². The van der Waals surface area contributed by atoms with E-state index in [0.717, 1.165) is 10.0 Å². The molecule has 2 aliphatic rings. The number of fused-ring (bicyclic) bond motifs is 3. The highest BCUT2D eigenvalue weighted by atomic mass is 79.9. The number of rotatable bonds is 3. The van der Waals surface area contributed by atoms with Crippen LogP contribution in [0.2, 0.25) is 0 Å². The van der Waals surface area contributed by atoms with Crippen molar-refractivity contribution < 1.29 is 19.7 Å². The van der Waals surface area contributed by atoms with Gasteiger partial charge in [0, 0.05) is 17.4 Å². The van der Waals surface area contributed by atoms with Gasteiger partial charge >= 0.3 is 0 Å². The van der Waals surface area contributed by atoms with Gasteiger partial charge < -0.3 is 20.7 Å². The molecule has 30 heavy (non-hydrogen) atoms. The van der Waals surface area contributed by atoms with Crippen LogP contribution in [0.5, 0.6) is 5.75 Å². The molecule has 1 aliphatic heterocycles. The normalized spacial score (nSPS) is 31.8. The number of aromatic nitrogens is 2. The summed E-state index contributed by atoms with van der Waals surface area (Å²) >= 11 is 3.43.